The van der Waals surface area contributed by atoms with E-state index in [2.05, 4.69) is 58.6 Å². The van der Waals surface area contributed by atoms with Gasteiger partial charge in [-0.15, -0.1) is 0 Å². The number of esters is 2. The van der Waals surface area contributed by atoms with Crippen molar-refractivity contribution in [3.63, 3.8) is 0 Å². The van der Waals surface area contributed by atoms with Gasteiger partial charge in [0.15, 0.2) is 0 Å². The van der Waals surface area contributed by atoms with Crippen molar-refractivity contribution in [2.24, 2.45) is 17.8 Å². The predicted octanol–water partition coefficient (Wildman–Crippen LogP) is 14.4. The summed E-state index contributed by atoms with van der Waals surface area (Å²) in [5, 5.41) is 0. The van der Waals surface area contributed by atoms with Crippen LogP contribution in [0.25, 0.3) is 0 Å². The smallest absolute Gasteiger partial charge is 0.465 e. The van der Waals surface area contributed by atoms with Crippen LogP contribution in [-0.2, 0) is 28.5 Å². The summed E-state index contributed by atoms with van der Waals surface area (Å²) in [7, 11) is 0. The van der Waals surface area contributed by atoms with Crippen LogP contribution in [0.4, 0.5) is 4.79 Å². The molecule has 2 atom stereocenters. The Labute approximate surface area is 359 Å². The van der Waals surface area contributed by atoms with E-state index >= 15 is 0 Å². The summed E-state index contributed by atoms with van der Waals surface area (Å²) in [5.74, 6) is 0.462. The van der Waals surface area contributed by atoms with Crippen LogP contribution >= 0.6 is 0 Å². The van der Waals surface area contributed by atoms with E-state index in [1.807, 2.05) is 0 Å². The zero-order valence-corrected chi connectivity index (χ0v) is 39.1. The average Bonchev–Trinajstić information content (AvgIpc) is 3.22. The fraction of sp³-hybridized carbons (Fsp3) is 0.900. The van der Waals surface area contributed by atoms with Crippen LogP contribution in [0.2, 0.25) is 0 Å². The van der Waals surface area contributed by atoms with Crippen molar-refractivity contribution >= 4 is 18.1 Å². The third-order valence-electron chi connectivity index (χ3n) is 11.6. The number of rotatable bonds is 43. The third kappa shape index (κ3) is 38.1. The quantitative estimate of drug-likeness (QED) is 0.0260. The highest BCUT2D eigenvalue weighted by Gasteiger charge is 2.19. The van der Waals surface area contributed by atoms with Crippen molar-refractivity contribution < 1.29 is 33.3 Å². The van der Waals surface area contributed by atoms with Gasteiger partial charge in [-0.25, -0.2) is 4.79 Å². The number of unbranched alkanes of at least 4 members (excludes halogenated alkanes) is 15. The van der Waals surface area contributed by atoms with Crippen molar-refractivity contribution in [3.8, 4) is 0 Å². The van der Waals surface area contributed by atoms with E-state index in [-0.39, 0.29) is 38.4 Å². The fourth-order valence-electron chi connectivity index (χ4n) is 7.53. The van der Waals surface area contributed by atoms with E-state index in [1.54, 1.807) is 0 Å². The highest BCUT2D eigenvalue weighted by atomic mass is 16.7. The molecule has 0 aliphatic heterocycles. The molecule has 0 aromatic rings. The van der Waals surface area contributed by atoms with Crippen LogP contribution in [0.3, 0.4) is 0 Å². The summed E-state index contributed by atoms with van der Waals surface area (Å²) in [6, 6.07) is 0. The van der Waals surface area contributed by atoms with Crippen LogP contribution < -0.4 is 0 Å². The minimum atomic E-state index is -0.748. The number of hydrogen-bond acceptors (Lipinski definition) is 8. The maximum Gasteiger partial charge on any atom is 0.508 e. The van der Waals surface area contributed by atoms with E-state index in [9.17, 15) is 14.4 Å². The largest absolute Gasteiger partial charge is 0.508 e. The van der Waals surface area contributed by atoms with Crippen molar-refractivity contribution in [1.29, 1.82) is 0 Å². The second-order valence-corrected chi connectivity index (χ2v) is 17.1. The van der Waals surface area contributed by atoms with Crippen molar-refractivity contribution in [3.05, 3.63) is 12.2 Å². The standard InChI is InChI=1S/C50H95NO7/c1-7-12-15-18-19-23-26-33-45(6)34-27-24-20-25-30-38-48(52)56-42-47(44-58-50(54)55-41-32-40-51(10-4)11-5)43-57-49(53)39-31-37-46(35-28-21-16-13-8-2)36-29-22-17-14-9-3/h19,23,45-47H,7-18,20-22,24-44H2,1-6H3/b23-19-. The first-order chi connectivity index (χ1) is 28.3. The Hall–Kier alpha value is -2.09. The normalized spacial score (nSPS) is 12.7. The topological polar surface area (TPSA) is 91.4 Å². The number of ether oxygens (including phenoxy) is 4. The summed E-state index contributed by atoms with van der Waals surface area (Å²) in [6.07, 6.45) is 37.0. The Morgan fingerprint density at radius 3 is 1.55 bits per heavy atom. The number of hydrogen-bond donors (Lipinski definition) is 0. The first-order valence-corrected chi connectivity index (χ1v) is 24.8. The van der Waals surface area contributed by atoms with Crippen LogP contribution in [0.1, 0.15) is 228 Å². The molecule has 0 rings (SSSR count). The van der Waals surface area contributed by atoms with Gasteiger partial charge in [-0.05, 0) is 76.3 Å². The molecule has 0 aliphatic rings. The molecule has 0 saturated carbocycles. The van der Waals surface area contributed by atoms with Crippen molar-refractivity contribution in [2.75, 3.05) is 46.1 Å². The second kappa shape index (κ2) is 43.0. The number of carbonyl (C=O) groups excluding carboxylic acids is 3. The Kier molecular flexibility index (Phi) is 41.5. The van der Waals surface area contributed by atoms with Crippen LogP contribution in [0.15, 0.2) is 12.2 Å². The van der Waals surface area contributed by atoms with Gasteiger partial charge in [-0.3, -0.25) is 9.59 Å². The molecule has 0 aromatic carbocycles. The zero-order valence-electron chi connectivity index (χ0n) is 39.1. The highest BCUT2D eigenvalue weighted by molar-refractivity contribution is 5.69. The fourth-order valence-corrected chi connectivity index (χ4v) is 7.53. The number of nitrogens with zero attached hydrogens (tertiary/aromatic N) is 1. The lowest BCUT2D eigenvalue weighted by Crippen LogP contribution is -2.27. The van der Waals surface area contributed by atoms with E-state index in [4.69, 9.17) is 18.9 Å². The first kappa shape index (κ1) is 55.9. The third-order valence-corrected chi connectivity index (χ3v) is 11.6. The maximum absolute atomic E-state index is 12.9. The van der Waals surface area contributed by atoms with E-state index in [1.165, 1.54) is 135 Å². The van der Waals surface area contributed by atoms with Gasteiger partial charge in [0.25, 0.3) is 0 Å². The van der Waals surface area contributed by atoms with Crippen LogP contribution in [-0.4, -0.2) is 69.1 Å². The molecule has 0 N–H and O–H groups in total. The lowest BCUT2D eigenvalue weighted by molar-refractivity contribution is -0.150. The van der Waals surface area contributed by atoms with Crippen LogP contribution in [0.5, 0.6) is 0 Å². The SMILES string of the molecule is CCCCC/C=C\CCC(C)CCCCCCCC(=O)OCC(COC(=O)CCCC(CCCCCCC)CCCCCCC)COC(=O)OCCCN(CC)CC. The second-order valence-electron chi connectivity index (χ2n) is 17.1. The van der Waals surface area contributed by atoms with Gasteiger partial charge in [0, 0.05) is 19.4 Å². The molecular weight excluding hydrogens is 727 g/mol. The van der Waals surface area contributed by atoms with Gasteiger partial charge in [0.1, 0.15) is 19.8 Å². The summed E-state index contributed by atoms with van der Waals surface area (Å²) < 4.78 is 22.0. The van der Waals surface area contributed by atoms with Gasteiger partial charge < -0.3 is 23.8 Å². The lowest BCUT2D eigenvalue weighted by atomic mass is 9.90. The molecule has 0 heterocycles. The van der Waals surface area contributed by atoms with Gasteiger partial charge in [-0.2, -0.15) is 0 Å². The number of carbonyl (C=O) groups is 3. The molecule has 58 heavy (non-hydrogen) atoms. The summed E-state index contributed by atoms with van der Waals surface area (Å²) in [6.45, 7) is 16.4. The summed E-state index contributed by atoms with van der Waals surface area (Å²) in [5.41, 5.74) is 0. The number of allylic oxidation sites excluding steroid dienone is 2. The molecule has 0 amide bonds. The molecule has 8 heteroatoms. The minimum Gasteiger partial charge on any atom is -0.465 e. The molecule has 0 saturated heterocycles. The minimum absolute atomic E-state index is 0.0330. The highest BCUT2D eigenvalue weighted by Crippen LogP contribution is 2.24. The molecule has 8 nitrogen and oxygen atoms in total. The Morgan fingerprint density at radius 1 is 0.466 bits per heavy atom. The molecule has 0 aliphatic carbocycles. The monoisotopic (exact) mass is 822 g/mol. The molecule has 0 aromatic heterocycles. The predicted molar refractivity (Wildman–Crippen MR) is 243 cm³/mol. The van der Waals surface area contributed by atoms with Crippen molar-refractivity contribution in [2.45, 2.75) is 228 Å². The first-order valence-electron chi connectivity index (χ1n) is 24.8. The average molecular weight is 822 g/mol. The molecule has 0 radical (unpaired) electrons. The van der Waals surface area contributed by atoms with E-state index < -0.39 is 12.1 Å². The summed E-state index contributed by atoms with van der Waals surface area (Å²) >= 11 is 0. The molecule has 342 valence electrons. The summed E-state index contributed by atoms with van der Waals surface area (Å²) in [4.78, 5) is 40.2. The maximum atomic E-state index is 12.9. The molecule has 0 fully saturated rings. The van der Waals surface area contributed by atoms with Gasteiger partial charge in [0.05, 0.1) is 12.5 Å². The van der Waals surface area contributed by atoms with Gasteiger partial charge in [-0.1, -0.05) is 176 Å². The molecule has 0 spiro atoms. The molecule has 0 bridgehead atoms. The van der Waals surface area contributed by atoms with Crippen LogP contribution in [0, 0.1) is 17.8 Å². The van der Waals surface area contributed by atoms with Gasteiger partial charge >= 0.3 is 18.1 Å². The van der Waals surface area contributed by atoms with E-state index in [0.717, 1.165) is 64.1 Å². The Balaban J connectivity index is 4.72. The zero-order chi connectivity index (χ0) is 42.7. The Morgan fingerprint density at radius 2 is 0.948 bits per heavy atom. The molecule has 2 unspecified atom stereocenters. The van der Waals surface area contributed by atoms with Crippen molar-refractivity contribution in [1.82, 2.24) is 4.90 Å². The lowest BCUT2D eigenvalue weighted by Gasteiger charge is -2.19. The van der Waals surface area contributed by atoms with Gasteiger partial charge in [0.2, 0.25) is 0 Å². The Bertz CT molecular complexity index is 938. The van der Waals surface area contributed by atoms with E-state index in [0.29, 0.717) is 18.8 Å². The molecular formula is C50H95NO7.